The van der Waals surface area contributed by atoms with E-state index in [1.165, 1.54) is 0 Å². The van der Waals surface area contributed by atoms with Crippen LogP contribution < -0.4 is 9.88 Å². The third kappa shape index (κ3) is 3.87. The molecule has 1 rings (SSSR count). The predicted molar refractivity (Wildman–Crippen MR) is 59.3 cm³/mol. The van der Waals surface area contributed by atoms with Crippen molar-refractivity contribution in [2.24, 2.45) is 7.05 Å². The van der Waals surface area contributed by atoms with Gasteiger partial charge in [0.2, 0.25) is 5.91 Å². The summed E-state index contributed by atoms with van der Waals surface area (Å²) in [6, 6.07) is 3.76. The highest BCUT2D eigenvalue weighted by atomic mass is 79.9. The molecule has 0 saturated heterocycles. The Labute approximate surface area is 92.3 Å². The zero-order chi connectivity index (χ0) is 10.4. The fraction of sp³-hybridized carbons (Fsp3) is 0.400. The van der Waals surface area contributed by atoms with Gasteiger partial charge in [0, 0.05) is 23.9 Å². The van der Waals surface area contributed by atoms with E-state index >= 15 is 0 Å². The lowest BCUT2D eigenvalue weighted by Crippen LogP contribution is -2.26. The minimum Gasteiger partial charge on any atom is -0.326 e. The van der Waals surface area contributed by atoms with E-state index in [2.05, 4.69) is 21.2 Å². The maximum Gasteiger partial charge on any atom is 0.224 e. The Bertz CT molecular complexity index is 297. The van der Waals surface area contributed by atoms with Crippen LogP contribution in [0.5, 0.6) is 0 Å². The van der Waals surface area contributed by atoms with Crippen molar-refractivity contribution in [1.82, 2.24) is 0 Å². The van der Waals surface area contributed by atoms with E-state index in [4.69, 9.17) is 0 Å². The summed E-state index contributed by atoms with van der Waals surface area (Å²) in [6.45, 7) is 0. The summed E-state index contributed by atoms with van der Waals surface area (Å²) >= 11 is 3.29. The van der Waals surface area contributed by atoms with Crippen molar-refractivity contribution in [3.05, 3.63) is 24.5 Å². The summed E-state index contributed by atoms with van der Waals surface area (Å²) in [5.74, 6) is 0.0679. The molecule has 0 unspecified atom stereocenters. The summed E-state index contributed by atoms with van der Waals surface area (Å²) in [7, 11) is 1.94. The molecule has 3 nitrogen and oxygen atoms in total. The number of halogens is 1. The summed E-state index contributed by atoms with van der Waals surface area (Å²) in [5, 5.41) is 3.70. The molecule has 1 aromatic heterocycles. The molecule has 14 heavy (non-hydrogen) atoms. The SMILES string of the molecule is C[n+]1ccc(NC(=O)CCCBr)cc1. The van der Waals surface area contributed by atoms with Gasteiger partial charge in [-0.2, -0.15) is 0 Å². The molecule has 4 heteroatoms. The zero-order valence-electron chi connectivity index (χ0n) is 8.16. The van der Waals surface area contributed by atoms with Gasteiger partial charge in [-0.1, -0.05) is 15.9 Å². The minimum absolute atomic E-state index is 0.0679. The topological polar surface area (TPSA) is 33.0 Å². The quantitative estimate of drug-likeness (QED) is 0.646. The summed E-state index contributed by atoms with van der Waals surface area (Å²) in [5.41, 5.74) is 0.850. The van der Waals surface area contributed by atoms with Gasteiger partial charge in [0.1, 0.15) is 7.05 Å². The Morgan fingerprint density at radius 1 is 1.50 bits per heavy atom. The number of hydrogen-bond donors (Lipinski definition) is 1. The van der Waals surface area contributed by atoms with Gasteiger partial charge in [-0.25, -0.2) is 4.57 Å². The van der Waals surface area contributed by atoms with Crippen molar-refractivity contribution >= 4 is 27.5 Å². The Kier molecular flexibility index (Phi) is 4.59. The summed E-state index contributed by atoms with van der Waals surface area (Å²) < 4.78 is 1.92. The highest BCUT2D eigenvalue weighted by Crippen LogP contribution is 2.04. The highest BCUT2D eigenvalue weighted by Gasteiger charge is 2.02. The van der Waals surface area contributed by atoms with Crippen molar-refractivity contribution < 1.29 is 9.36 Å². The predicted octanol–water partition coefficient (Wildman–Crippen LogP) is 1.62. The first kappa shape index (κ1) is 11.2. The second kappa shape index (κ2) is 5.75. The first-order valence-electron chi connectivity index (χ1n) is 4.53. The molecule has 0 aliphatic heterocycles. The van der Waals surface area contributed by atoms with Gasteiger partial charge < -0.3 is 5.32 Å². The number of hydrogen-bond acceptors (Lipinski definition) is 1. The average Bonchev–Trinajstić information content (AvgIpc) is 2.18. The summed E-state index contributed by atoms with van der Waals surface area (Å²) in [4.78, 5) is 11.3. The molecule has 1 N–H and O–H groups in total. The number of alkyl halides is 1. The van der Waals surface area contributed by atoms with Crippen molar-refractivity contribution in [2.45, 2.75) is 12.8 Å². The van der Waals surface area contributed by atoms with Crippen molar-refractivity contribution in [3.63, 3.8) is 0 Å². The Balaban J connectivity index is 2.44. The molecule has 0 aliphatic carbocycles. The standard InChI is InChI=1S/C10H13BrN2O/c1-13-7-4-9(5-8-13)12-10(14)3-2-6-11/h4-5,7-8H,2-3,6H2,1H3/p+1. The fourth-order valence-corrected chi connectivity index (χ4v) is 1.32. The maximum absolute atomic E-state index is 11.3. The second-order valence-corrected chi connectivity index (χ2v) is 3.89. The third-order valence-electron chi connectivity index (χ3n) is 1.80. The van der Waals surface area contributed by atoms with Crippen LogP contribution in [0.15, 0.2) is 24.5 Å². The number of pyridine rings is 1. The molecule has 0 fully saturated rings. The number of nitrogens with one attached hydrogen (secondary N) is 1. The molecule has 0 bridgehead atoms. The van der Waals surface area contributed by atoms with E-state index in [1.807, 2.05) is 36.1 Å². The van der Waals surface area contributed by atoms with E-state index in [1.54, 1.807) is 0 Å². The normalized spacial score (nSPS) is 9.86. The Hall–Kier alpha value is -0.900. The van der Waals surface area contributed by atoms with E-state index < -0.39 is 0 Å². The van der Waals surface area contributed by atoms with E-state index in [9.17, 15) is 4.79 Å². The van der Waals surface area contributed by atoms with Crippen LogP contribution >= 0.6 is 15.9 Å². The van der Waals surface area contributed by atoms with Crippen LogP contribution in [0.2, 0.25) is 0 Å². The summed E-state index contributed by atoms with van der Waals surface area (Å²) in [6.07, 6.45) is 5.24. The molecular formula is C10H14BrN2O+. The number of carbonyl (C=O) groups excluding carboxylic acids is 1. The van der Waals surface area contributed by atoms with Crippen molar-refractivity contribution in [1.29, 1.82) is 0 Å². The Morgan fingerprint density at radius 2 is 2.14 bits per heavy atom. The van der Waals surface area contributed by atoms with E-state index in [0.717, 1.165) is 17.4 Å². The van der Waals surface area contributed by atoms with Gasteiger partial charge in [0.25, 0.3) is 0 Å². The zero-order valence-corrected chi connectivity index (χ0v) is 9.75. The largest absolute Gasteiger partial charge is 0.326 e. The number of anilines is 1. The highest BCUT2D eigenvalue weighted by molar-refractivity contribution is 9.09. The van der Waals surface area contributed by atoms with Crippen molar-refractivity contribution in [3.8, 4) is 0 Å². The molecule has 0 saturated carbocycles. The molecule has 0 aliphatic rings. The van der Waals surface area contributed by atoms with Gasteiger partial charge in [-0.3, -0.25) is 4.79 Å². The smallest absolute Gasteiger partial charge is 0.224 e. The number of amides is 1. The van der Waals surface area contributed by atoms with Gasteiger partial charge in [0.15, 0.2) is 12.4 Å². The average molecular weight is 258 g/mol. The number of nitrogens with zero attached hydrogens (tertiary/aromatic N) is 1. The molecule has 0 spiro atoms. The van der Waals surface area contributed by atoms with Gasteiger partial charge in [0.05, 0.1) is 5.69 Å². The van der Waals surface area contributed by atoms with Gasteiger partial charge in [-0.15, -0.1) is 0 Å². The van der Waals surface area contributed by atoms with Crippen LogP contribution in [0.4, 0.5) is 5.69 Å². The van der Waals surface area contributed by atoms with Crippen molar-refractivity contribution in [2.75, 3.05) is 10.6 Å². The number of rotatable bonds is 4. The van der Waals surface area contributed by atoms with Crippen LogP contribution in [-0.4, -0.2) is 11.2 Å². The lowest BCUT2D eigenvalue weighted by molar-refractivity contribution is -0.671. The van der Waals surface area contributed by atoms with Gasteiger partial charge in [-0.05, 0) is 6.42 Å². The molecule has 0 aromatic carbocycles. The molecule has 0 radical (unpaired) electrons. The van der Waals surface area contributed by atoms with E-state index in [-0.39, 0.29) is 5.91 Å². The first-order valence-corrected chi connectivity index (χ1v) is 5.65. The van der Waals surface area contributed by atoms with Crippen LogP contribution in [0.25, 0.3) is 0 Å². The Morgan fingerprint density at radius 3 is 2.71 bits per heavy atom. The number of carbonyl (C=O) groups is 1. The van der Waals surface area contributed by atoms with Crippen LogP contribution in [-0.2, 0) is 11.8 Å². The van der Waals surface area contributed by atoms with Crippen LogP contribution in [0, 0.1) is 0 Å². The van der Waals surface area contributed by atoms with E-state index in [0.29, 0.717) is 6.42 Å². The minimum atomic E-state index is 0.0679. The number of aromatic nitrogens is 1. The lowest BCUT2D eigenvalue weighted by atomic mass is 10.3. The van der Waals surface area contributed by atoms with Crippen LogP contribution in [0.3, 0.4) is 0 Å². The maximum atomic E-state index is 11.3. The molecule has 1 heterocycles. The molecule has 0 atom stereocenters. The van der Waals surface area contributed by atoms with Gasteiger partial charge >= 0.3 is 0 Å². The molecule has 76 valence electrons. The van der Waals surface area contributed by atoms with Crippen LogP contribution in [0.1, 0.15) is 12.8 Å². The molecule has 1 amide bonds. The monoisotopic (exact) mass is 257 g/mol. The number of aryl methyl sites for hydroxylation is 1. The third-order valence-corrected chi connectivity index (χ3v) is 2.36. The first-order chi connectivity index (χ1) is 6.72. The lowest BCUT2D eigenvalue weighted by Gasteiger charge is -2.02. The second-order valence-electron chi connectivity index (χ2n) is 3.09. The molecule has 1 aromatic rings. The fourth-order valence-electron chi connectivity index (χ4n) is 1.04. The molecular weight excluding hydrogens is 244 g/mol.